The number of nitrogen functional groups attached to an aromatic ring is 1. The summed E-state index contributed by atoms with van der Waals surface area (Å²) in [6.07, 6.45) is 2.40. The second-order valence-corrected chi connectivity index (χ2v) is 3.09. The molecule has 1 unspecified atom stereocenters. The lowest BCUT2D eigenvalue weighted by Gasteiger charge is -2.17. The fraction of sp³-hybridized carbons (Fsp3) is 0.714. The molecular formula is C7H12N4. The van der Waals surface area contributed by atoms with Gasteiger partial charge in [-0.25, -0.2) is 4.68 Å². The Kier molecular flexibility index (Phi) is 1.34. The summed E-state index contributed by atoms with van der Waals surface area (Å²) in [6.45, 7) is 3.14. The molecule has 0 aromatic carbocycles. The predicted molar refractivity (Wildman–Crippen MR) is 42.1 cm³/mol. The molecule has 1 aliphatic rings. The maximum Gasteiger partial charge on any atom is 0.239 e. The van der Waals surface area contributed by atoms with Crippen LogP contribution in [0.1, 0.15) is 31.5 Å². The largest absolute Gasteiger partial charge is 0.366 e. The first-order valence-electron chi connectivity index (χ1n) is 3.97. The molecule has 0 amide bonds. The normalized spacial score (nSPS) is 23.2. The molecule has 1 aromatic heterocycles. The summed E-state index contributed by atoms with van der Waals surface area (Å²) in [5.41, 5.74) is 5.48. The van der Waals surface area contributed by atoms with Gasteiger partial charge in [-0.3, -0.25) is 0 Å². The van der Waals surface area contributed by atoms with Gasteiger partial charge in [0.25, 0.3) is 0 Å². The molecule has 0 saturated carbocycles. The summed E-state index contributed by atoms with van der Waals surface area (Å²) in [5.74, 6) is 1.98. The number of aryl methyl sites for hydroxylation is 1. The van der Waals surface area contributed by atoms with Gasteiger partial charge in [-0.05, 0) is 12.8 Å². The number of aromatic nitrogens is 3. The van der Waals surface area contributed by atoms with Gasteiger partial charge in [0, 0.05) is 12.5 Å². The van der Waals surface area contributed by atoms with Crippen molar-refractivity contribution in [2.75, 3.05) is 5.73 Å². The Morgan fingerprint density at radius 1 is 1.64 bits per heavy atom. The summed E-state index contributed by atoms with van der Waals surface area (Å²) in [7, 11) is 0. The first kappa shape index (κ1) is 6.64. The minimum atomic E-state index is 0.411. The van der Waals surface area contributed by atoms with Gasteiger partial charge < -0.3 is 5.73 Å². The highest BCUT2D eigenvalue weighted by Crippen LogP contribution is 2.24. The number of rotatable bonds is 0. The lowest BCUT2D eigenvalue weighted by Crippen LogP contribution is -2.14. The zero-order chi connectivity index (χ0) is 7.84. The van der Waals surface area contributed by atoms with Crippen molar-refractivity contribution in [3.63, 3.8) is 0 Å². The SMILES string of the molecule is CC1CCCn2nc(N)nc21. The van der Waals surface area contributed by atoms with Crippen molar-refractivity contribution < 1.29 is 0 Å². The molecule has 0 spiro atoms. The topological polar surface area (TPSA) is 56.7 Å². The highest BCUT2D eigenvalue weighted by molar-refractivity contribution is 5.16. The van der Waals surface area contributed by atoms with E-state index in [2.05, 4.69) is 17.0 Å². The minimum Gasteiger partial charge on any atom is -0.366 e. The molecule has 0 radical (unpaired) electrons. The molecule has 1 atom stereocenters. The van der Waals surface area contributed by atoms with Crippen molar-refractivity contribution in [3.8, 4) is 0 Å². The van der Waals surface area contributed by atoms with Crippen LogP contribution in [0.2, 0.25) is 0 Å². The van der Waals surface area contributed by atoms with Crippen molar-refractivity contribution in [2.45, 2.75) is 32.2 Å². The molecule has 0 bridgehead atoms. The van der Waals surface area contributed by atoms with Gasteiger partial charge in [0.2, 0.25) is 5.95 Å². The Labute approximate surface area is 65.4 Å². The van der Waals surface area contributed by atoms with Gasteiger partial charge in [-0.15, -0.1) is 5.10 Å². The van der Waals surface area contributed by atoms with Crippen LogP contribution in [0.15, 0.2) is 0 Å². The second-order valence-electron chi connectivity index (χ2n) is 3.09. The lowest BCUT2D eigenvalue weighted by atomic mass is 10.0. The molecule has 0 fully saturated rings. The number of fused-ring (bicyclic) bond motifs is 1. The van der Waals surface area contributed by atoms with Crippen LogP contribution in [0.4, 0.5) is 5.95 Å². The van der Waals surface area contributed by atoms with E-state index in [0.717, 1.165) is 12.4 Å². The fourth-order valence-electron chi connectivity index (χ4n) is 1.58. The van der Waals surface area contributed by atoms with E-state index in [1.807, 2.05) is 4.68 Å². The number of hydrogen-bond donors (Lipinski definition) is 1. The summed E-state index contributed by atoms with van der Waals surface area (Å²) < 4.78 is 1.92. The maximum absolute atomic E-state index is 5.48. The molecular weight excluding hydrogens is 140 g/mol. The Hall–Kier alpha value is -1.06. The monoisotopic (exact) mass is 152 g/mol. The third kappa shape index (κ3) is 0.982. The molecule has 2 heterocycles. The van der Waals surface area contributed by atoms with E-state index in [1.54, 1.807) is 0 Å². The Bertz CT molecular complexity index is 265. The van der Waals surface area contributed by atoms with Crippen molar-refractivity contribution >= 4 is 5.95 Å². The molecule has 2 rings (SSSR count). The number of hydrogen-bond acceptors (Lipinski definition) is 3. The molecule has 0 aliphatic carbocycles. The van der Waals surface area contributed by atoms with Crippen molar-refractivity contribution in [2.24, 2.45) is 0 Å². The minimum absolute atomic E-state index is 0.411. The van der Waals surface area contributed by atoms with Crippen LogP contribution < -0.4 is 5.73 Å². The van der Waals surface area contributed by atoms with Crippen LogP contribution in [0.5, 0.6) is 0 Å². The van der Waals surface area contributed by atoms with Crippen LogP contribution in [0.3, 0.4) is 0 Å². The van der Waals surface area contributed by atoms with Gasteiger partial charge in [0.1, 0.15) is 5.82 Å². The third-order valence-electron chi connectivity index (χ3n) is 2.16. The first-order valence-corrected chi connectivity index (χ1v) is 3.97. The van der Waals surface area contributed by atoms with E-state index >= 15 is 0 Å². The predicted octanol–water partition coefficient (Wildman–Crippen LogP) is 0.758. The number of nitrogens with zero attached hydrogens (tertiary/aromatic N) is 3. The molecule has 1 aromatic rings. The van der Waals surface area contributed by atoms with E-state index in [0.29, 0.717) is 11.9 Å². The van der Waals surface area contributed by atoms with Crippen LogP contribution >= 0.6 is 0 Å². The number of nitrogens with two attached hydrogens (primary N) is 1. The van der Waals surface area contributed by atoms with Crippen LogP contribution in [-0.4, -0.2) is 14.8 Å². The molecule has 1 aliphatic heterocycles. The molecule has 4 heteroatoms. The Morgan fingerprint density at radius 3 is 3.18 bits per heavy atom. The van der Waals surface area contributed by atoms with E-state index in [4.69, 9.17) is 5.73 Å². The second kappa shape index (κ2) is 2.22. The third-order valence-corrected chi connectivity index (χ3v) is 2.16. The van der Waals surface area contributed by atoms with Gasteiger partial charge in [-0.1, -0.05) is 6.92 Å². The number of anilines is 1. The first-order chi connectivity index (χ1) is 5.27. The van der Waals surface area contributed by atoms with E-state index < -0.39 is 0 Å². The van der Waals surface area contributed by atoms with E-state index in [-0.39, 0.29) is 0 Å². The van der Waals surface area contributed by atoms with Gasteiger partial charge in [0.05, 0.1) is 0 Å². The van der Waals surface area contributed by atoms with Gasteiger partial charge in [0.15, 0.2) is 0 Å². The highest BCUT2D eigenvalue weighted by Gasteiger charge is 2.19. The molecule has 0 saturated heterocycles. The molecule has 11 heavy (non-hydrogen) atoms. The summed E-state index contributed by atoms with van der Waals surface area (Å²) in [4.78, 5) is 4.16. The van der Waals surface area contributed by atoms with Crippen molar-refractivity contribution in [1.29, 1.82) is 0 Å². The van der Waals surface area contributed by atoms with Gasteiger partial charge >= 0.3 is 0 Å². The summed E-state index contributed by atoms with van der Waals surface area (Å²) in [5, 5.41) is 4.08. The average Bonchev–Trinajstić information content (AvgIpc) is 2.31. The fourth-order valence-corrected chi connectivity index (χ4v) is 1.58. The van der Waals surface area contributed by atoms with Crippen molar-refractivity contribution in [1.82, 2.24) is 14.8 Å². The molecule has 60 valence electrons. The van der Waals surface area contributed by atoms with Crippen LogP contribution in [-0.2, 0) is 6.54 Å². The zero-order valence-corrected chi connectivity index (χ0v) is 6.62. The smallest absolute Gasteiger partial charge is 0.239 e. The van der Waals surface area contributed by atoms with E-state index in [9.17, 15) is 0 Å². The van der Waals surface area contributed by atoms with Crippen LogP contribution in [0.25, 0.3) is 0 Å². The lowest BCUT2D eigenvalue weighted by molar-refractivity contribution is 0.432. The van der Waals surface area contributed by atoms with Gasteiger partial charge in [-0.2, -0.15) is 4.98 Å². The Morgan fingerprint density at radius 2 is 2.45 bits per heavy atom. The average molecular weight is 152 g/mol. The van der Waals surface area contributed by atoms with Crippen molar-refractivity contribution in [3.05, 3.63) is 5.82 Å². The maximum atomic E-state index is 5.48. The Balaban J connectivity index is 2.43. The van der Waals surface area contributed by atoms with Crippen LogP contribution in [0, 0.1) is 0 Å². The quantitative estimate of drug-likeness (QED) is 0.597. The summed E-state index contributed by atoms with van der Waals surface area (Å²) >= 11 is 0. The molecule has 2 N–H and O–H groups in total. The zero-order valence-electron chi connectivity index (χ0n) is 6.62. The van der Waals surface area contributed by atoms with E-state index in [1.165, 1.54) is 12.8 Å². The summed E-state index contributed by atoms with van der Waals surface area (Å²) in [6, 6.07) is 0. The molecule has 4 nitrogen and oxygen atoms in total. The highest BCUT2D eigenvalue weighted by atomic mass is 15.4. The standard InChI is InChI=1S/C7H12N4/c1-5-3-2-4-11-6(5)9-7(8)10-11/h5H,2-4H2,1H3,(H2,8,10).